The van der Waals surface area contributed by atoms with Crippen LogP contribution in [0.3, 0.4) is 0 Å². The summed E-state index contributed by atoms with van der Waals surface area (Å²) in [4.78, 5) is 0. The molecule has 8 fully saturated rings. The number of phenols is 2. The van der Waals surface area contributed by atoms with Crippen molar-refractivity contribution < 1.29 is 10.2 Å². The molecule has 9 aliphatic carbocycles. The zero-order chi connectivity index (χ0) is 34.3. The SMILES string of the molecule is Nc1cc(C2(c3ccc(O)c(N)c3)c3cc(C45CC6CC(CC(C6)C4)C5)ccc3-c3cccc(C#CC45CC6CC(CC(C6)C4)C5)c32)ccc1O. The van der Waals surface area contributed by atoms with Gasteiger partial charge in [-0.2, -0.15) is 0 Å². The summed E-state index contributed by atoms with van der Waals surface area (Å²) in [7, 11) is 0. The highest BCUT2D eigenvalue weighted by Crippen LogP contribution is 2.64. The summed E-state index contributed by atoms with van der Waals surface area (Å²) in [5.74, 6) is 13.1. The normalized spacial score (nSPS) is 34.2. The lowest BCUT2D eigenvalue weighted by atomic mass is 9.48. The molecule has 13 rings (SSSR count). The summed E-state index contributed by atoms with van der Waals surface area (Å²) in [6.07, 6.45) is 16.0. The minimum Gasteiger partial charge on any atom is -0.506 e. The van der Waals surface area contributed by atoms with Crippen LogP contribution < -0.4 is 11.5 Å². The Morgan fingerprint density at radius 2 is 1.06 bits per heavy atom. The maximum absolute atomic E-state index is 10.7. The number of benzene rings is 4. The number of anilines is 2. The third-order valence-electron chi connectivity index (χ3n) is 15.2. The summed E-state index contributed by atoms with van der Waals surface area (Å²) >= 11 is 0. The summed E-state index contributed by atoms with van der Waals surface area (Å²) in [5, 5.41) is 21.5. The number of hydrogen-bond acceptors (Lipinski definition) is 4. The second-order valence-corrected chi connectivity index (χ2v) is 18.4. The van der Waals surface area contributed by atoms with Crippen molar-refractivity contribution in [2.75, 3.05) is 11.5 Å². The smallest absolute Gasteiger partial charge is 0.138 e. The van der Waals surface area contributed by atoms with Crippen LogP contribution in [0.15, 0.2) is 72.8 Å². The molecule has 8 saturated carbocycles. The number of fused-ring (bicyclic) bond motifs is 3. The molecule has 0 heterocycles. The van der Waals surface area contributed by atoms with Crippen molar-refractivity contribution in [3.8, 4) is 34.5 Å². The van der Waals surface area contributed by atoms with Crippen molar-refractivity contribution in [2.45, 2.75) is 87.9 Å². The highest BCUT2D eigenvalue weighted by atomic mass is 16.3. The van der Waals surface area contributed by atoms with Gasteiger partial charge in [-0.15, -0.1) is 0 Å². The van der Waals surface area contributed by atoms with Crippen LogP contribution in [-0.2, 0) is 10.8 Å². The second kappa shape index (κ2) is 10.4. The standard InChI is InChI=1S/C47H48N2O2/c48-40-19-35(5-8-42(40)50)47(36-6-9-43(51)41(49)20-36)39-18-34(46-24-30-15-31(25-46)17-32(16-30)26-46)4-7-37(39)38-3-1-2-33(44(38)47)10-11-45-21-27-12-28(22-45)14-29(13-27)23-45/h1-9,18-20,27-32,50-51H,12-17,21-26,48-49H2. The largest absolute Gasteiger partial charge is 0.506 e. The van der Waals surface area contributed by atoms with E-state index in [4.69, 9.17) is 11.5 Å². The second-order valence-electron chi connectivity index (χ2n) is 18.4. The van der Waals surface area contributed by atoms with Gasteiger partial charge < -0.3 is 21.7 Å². The summed E-state index contributed by atoms with van der Waals surface area (Å²) in [6.45, 7) is 0. The van der Waals surface area contributed by atoms with Gasteiger partial charge >= 0.3 is 0 Å². The van der Waals surface area contributed by atoms with E-state index in [2.05, 4.69) is 48.2 Å². The van der Waals surface area contributed by atoms with E-state index in [-0.39, 0.29) is 22.3 Å². The predicted octanol–water partition coefficient (Wildman–Crippen LogP) is 9.66. The summed E-state index contributed by atoms with van der Waals surface area (Å²) in [5.41, 5.74) is 22.7. The molecule has 4 aromatic carbocycles. The molecular weight excluding hydrogens is 625 g/mol. The van der Waals surface area contributed by atoms with Gasteiger partial charge in [-0.25, -0.2) is 0 Å². The zero-order valence-corrected chi connectivity index (χ0v) is 29.4. The number of nitrogens with two attached hydrogens (primary N) is 2. The van der Waals surface area contributed by atoms with E-state index in [1.54, 1.807) is 12.1 Å². The fourth-order valence-corrected chi connectivity index (χ4v) is 14.1. The molecule has 0 radical (unpaired) electrons. The minimum absolute atomic E-state index is 0.0785. The first kappa shape index (κ1) is 30.3. The Labute approximate surface area is 301 Å². The molecule has 0 aliphatic heterocycles. The van der Waals surface area contributed by atoms with E-state index >= 15 is 0 Å². The quantitative estimate of drug-likeness (QED) is 0.0873. The molecule has 0 saturated heterocycles. The van der Waals surface area contributed by atoms with Gasteiger partial charge in [-0.05, 0) is 187 Å². The minimum atomic E-state index is -0.806. The van der Waals surface area contributed by atoms with Crippen molar-refractivity contribution in [3.05, 3.63) is 106 Å². The first-order valence-electron chi connectivity index (χ1n) is 19.7. The van der Waals surface area contributed by atoms with E-state index in [0.717, 1.165) is 57.8 Å². The first-order valence-corrected chi connectivity index (χ1v) is 19.7. The Bertz CT molecular complexity index is 2080. The highest BCUT2D eigenvalue weighted by Gasteiger charge is 2.54. The van der Waals surface area contributed by atoms with Gasteiger partial charge in [0.1, 0.15) is 11.5 Å². The Morgan fingerprint density at radius 3 is 1.59 bits per heavy atom. The van der Waals surface area contributed by atoms with Crippen molar-refractivity contribution in [2.24, 2.45) is 40.9 Å². The molecule has 0 aromatic heterocycles. The number of aromatic hydroxyl groups is 2. The first-order chi connectivity index (χ1) is 24.7. The third-order valence-corrected chi connectivity index (χ3v) is 15.2. The molecule has 6 N–H and O–H groups in total. The van der Waals surface area contributed by atoms with Crippen LogP contribution in [-0.4, -0.2) is 10.2 Å². The van der Waals surface area contributed by atoms with Gasteiger partial charge in [-0.1, -0.05) is 54.3 Å². The Hall–Kier alpha value is -4.36. The number of hydrogen-bond donors (Lipinski definition) is 4. The van der Waals surface area contributed by atoms with Gasteiger partial charge in [0.2, 0.25) is 0 Å². The number of nitrogen functional groups attached to an aromatic ring is 2. The van der Waals surface area contributed by atoms with E-state index in [0.29, 0.717) is 11.4 Å². The van der Waals surface area contributed by atoms with Crippen LogP contribution in [0, 0.1) is 52.8 Å². The van der Waals surface area contributed by atoms with Crippen LogP contribution in [0.5, 0.6) is 11.5 Å². The van der Waals surface area contributed by atoms with Crippen LogP contribution in [0.1, 0.15) is 110 Å². The fraction of sp³-hybridized carbons (Fsp3) is 0.447. The molecule has 0 atom stereocenters. The molecular formula is C47H48N2O2. The maximum atomic E-state index is 10.7. The zero-order valence-electron chi connectivity index (χ0n) is 29.4. The lowest BCUT2D eigenvalue weighted by Crippen LogP contribution is -2.48. The molecule has 9 aliphatic rings. The van der Waals surface area contributed by atoms with Gasteiger partial charge in [0.15, 0.2) is 0 Å². The molecule has 0 unspecified atom stereocenters. The molecule has 8 bridgehead atoms. The molecule has 51 heavy (non-hydrogen) atoms. The van der Waals surface area contributed by atoms with Crippen LogP contribution in [0.2, 0.25) is 0 Å². The fourth-order valence-electron chi connectivity index (χ4n) is 14.1. The summed E-state index contributed by atoms with van der Waals surface area (Å²) < 4.78 is 0. The lowest BCUT2D eigenvalue weighted by molar-refractivity contribution is -0.0181. The van der Waals surface area contributed by atoms with E-state index < -0.39 is 5.41 Å². The molecule has 0 amide bonds. The van der Waals surface area contributed by atoms with Crippen molar-refractivity contribution in [1.29, 1.82) is 0 Å². The van der Waals surface area contributed by atoms with Gasteiger partial charge in [0, 0.05) is 11.0 Å². The average Bonchev–Trinajstić information content (AvgIpc) is 3.40. The molecule has 0 spiro atoms. The molecule has 258 valence electrons. The van der Waals surface area contributed by atoms with Gasteiger partial charge in [-0.3, -0.25) is 0 Å². The number of rotatable bonds is 3. The number of phenolic OH excluding ortho intramolecular Hbond substituents is 2. The van der Waals surface area contributed by atoms with E-state index in [1.807, 2.05) is 24.3 Å². The third kappa shape index (κ3) is 4.27. The topological polar surface area (TPSA) is 92.5 Å². The Kier molecular flexibility index (Phi) is 6.16. The van der Waals surface area contributed by atoms with Crippen LogP contribution in [0.25, 0.3) is 11.1 Å². The van der Waals surface area contributed by atoms with Crippen LogP contribution in [0.4, 0.5) is 11.4 Å². The molecule has 4 nitrogen and oxygen atoms in total. The van der Waals surface area contributed by atoms with Crippen LogP contribution >= 0.6 is 0 Å². The Balaban J connectivity index is 1.18. The highest BCUT2D eigenvalue weighted by molar-refractivity contribution is 5.89. The maximum Gasteiger partial charge on any atom is 0.138 e. The van der Waals surface area contributed by atoms with Gasteiger partial charge in [0.05, 0.1) is 16.8 Å². The Morgan fingerprint density at radius 1 is 0.549 bits per heavy atom. The van der Waals surface area contributed by atoms with Gasteiger partial charge in [0.25, 0.3) is 0 Å². The predicted molar refractivity (Wildman–Crippen MR) is 203 cm³/mol. The lowest BCUT2D eigenvalue weighted by Gasteiger charge is -2.57. The molecule has 4 heteroatoms. The van der Waals surface area contributed by atoms with E-state index in [9.17, 15) is 10.2 Å². The van der Waals surface area contributed by atoms with Crippen molar-refractivity contribution >= 4 is 11.4 Å². The monoisotopic (exact) mass is 672 g/mol. The summed E-state index contributed by atoms with van der Waals surface area (Å²) in [6, 6.07) is 25.5. The van der Waals surface area contributed by atoms with E-state index in [1.165, 1.54) is 99.3 Å². The van der Waals surface area contributed by atoms with Crippen molar-refractivity contribution in [1.82, 2.24) is 0 Å². The molecule has 4 aromatic rings. The van der Waals surface area contributed by atoms with Crippen molar-refractivity contribution in [3.63, 3.8) is 0 Å². The average molecular weight is 673 g/mol.